The van der Waals surface area contributed by atoms with E-state index in [1.165, 1.54) is 0 Å². The zero-order chi connectivity index (χ0) is 13.1. The van der Waals surface area contributed by atoms with Gasteiger partial charge in [-0.25, -0.2) is 9.37 Å². The Labute approximate surface area is 100 Å². The molecule has 0 saturated carbocycles. The highest BCUT2D eigenvalue weighted by Gasteiger charge is 2.16. The molecular formula is C10H8F2N4O2. The first-order valence-corrected chi connectivity index (χ1v) is 4.95. The second kappa shape index (κ2) is 4.86. The fraction of sp³-hybridized carbons (Fsp3) is 0.200. The number of aromatic nitrogens is 3. The Morgan fingerprint density at radius 1 is 1.50 bits per heavy atom. The van der Waals surface area contributed by atoms with E-state index in [2.05, 4.69) is 20.4 Å². The van der Waals surface area contributed by atoms with Crippen LogP contribution in [-0.4, -0.2) is 21.0 Å². The Kier molecular flexibility index (Phi) is 3.26. The molecule has 1 amide bonds. The summed E-state index contributed by atoms with van der Waals surface area (Å²) in [4.78, 5) is 18.5. The third-order valence-corrected chi connectivity index (χ3v) is 2.06. The van der Waals surface area contributed by atoms with Crippen LogP contribution in [0.5, 0.6) is 0 Å². The molecule has 0 saturated heterocycles. The largest absolute Gasteiger partial charge is 0.343 e. The number of carbonyl (C=O) groups excluding carboxylic acids is 1. The number of hydrogen-bond acceptors (Lipinski definition) is 5. The van der Waals surface area contributed by atoms with E-state index >= 15 is 0 Å². The minimum Gasteiger partial charge on any atom is -0.343 e. The second-order valence-electron chi connectivity index (χ2n) is 3.38. The molecule has 0 atom stereocenters. The highest BCUT2D eigenvalue weighted by molar-refractivity contribution is 5.94. The first-order chi connectivity index (χ1) is 8.58. The Morgan fingerprint density at radius 3 is 2.94 bits per heavy atom. The quantitative estimate of drug-likeness (QED) is 0.826. The van der Waals surface area contributed by atoms with Crippen LogP contribution in [0.4, 0.5) is 8.78 Å². The predicted molar refractivity (Wildman–Crippen MR) is 54.4 cm³/mol. The molecule has 0 aliphatic heterocycles. The molecule has 2 heterocycles. The van der Waals surface area contributed by atoms with E-state index in [1.54, 1.807) is 6.92 Å². The summed E-state index contributed by atoms with van der Waals surface area (Å²) >= 11 is 0. The number of carbonyl (C=O) groups is 1. The molecule has 0 aliphatic carbocycles. The summed E-state index contributed by atoms with van der Waals surface area (Å²) in [7, 11) is 0. The van der Waals surface area contributed by atoms with Crippen LogP contribution >= 0.6 is 0 Å². The van der Waals surface area contributed by atoms with Crippen LogP contribution in [0.1, 0.15) is 22.1 Å². The molecule has 0 aromatic carbocycles. The Bertz CT molecular complexity index is 585. The molecule has 2 rings (SSSR count). The van der Waals surface area contributed by atoms with Crippen molar-refractivity contribution in [3.05, 3.63) is 41.3 Å². The van der Waals surface area contributed by atoms with Gasteiger partial charge in [0, 0.05) is 6.20 Å². The van der Waals surface area contributed by atoms with Crippen molar-refractivity contribution >= 4 is 5.91 Å². The number of nitrogens with one attached hydrogen (secondary N) is 1. The first kappa shape index (κ1) is 12.1. The Morgan fingerprint density at radius 2 is 2.28 bits per heavy atom. The van der Waals surface area contributed by atoms with Crippen LogP contribution in [0.3, 0.4) is 0 Å². The summed E-state index contributed by atoms with van der Waals surface area (Å²) in [6, 6.07) is 1.08. The monoisotopic (exact) mass is 254 g/mol. The van der Waals surface area contributed by atoms with Gasteiger partial charge in [0.2, 0.25) is 11.8 Å². The normalized spacial score (nSPS) is 10.4. The average Bonchev–Trinajstić information content (AvgIpc) is 2.76. The molecule has 18 heavy (non-hydrogen) atoms. The van der Waals surface area contributed by atoms with Gasteiger partial charge in [0.15, 0.2) is 11.6 Å². The molecular weight excluding hydrogens is 246 g/mol. The van der Waals surface area contributed by atoms with E-state index < -0.39 is 23.2 Å². The summed E-state index contributed by atoms with van der Waals surface area (Å²) in [5.74, 6) is -2.81. The maximum atomic E-state index is 13.2. The van der Waals surface area contributed by atoms with E-state index in [-0.39, 0.29) is 12.4 Å². The summed E-state index contributed by atoms with van der Waals surface area (Å²) in [6.07, 6.45) is 1.00. The molecule has 2 aromatic heterocycles. The van der Waals surface area contributed by atoms with Crippen molar-refractivity contribution in [3.63, 3.8) is 0 Å². The number of aryl methyl sites for hydroxylation is 1. The van der Waals surface area contributed by atoms with E-state index in [1.807, 2.05) is 0 Å². The maximum Gasteiger partial charge on any atom is 0.254 e. The molecule has 1 N–H and O–H groups in total. The van der Waals surface area contributed by atoms with E-state index in [4.69, 9.17) is 4.52 Å². The summed E-state index contributed by atoms with van der Waals surface area (Å²) in [5.41, 5.74) is -0.432. The van der Waals surface area contributed by atoms with Gasteiger partial charge in [0.1, 0.15) is 0 Å². The first-order valence-electron chi connectivity index (χ1n) is 4.95. The van der Waals surface area contributed by atoms with Crippen molar-refractivity contribution in [2.75, 3.05) is 0 Å². The highest BCUT2D eigenvalue weighted by atomic mass is 19.2. The molecule has 0 unspecified atom stereocenters. The van der Waals surface area contributed by atoms with Gasteiger partial charge in [-0.15, -0.1) is 0 Å². The summed E-state index contributed by atoms with van der Waals surface area (Å²) in [6.45, 7) is 1.55. The number of pyridine rings is 1. The molecule has 94 valence electrons. The third kappa shape index (κ3) is 2.47. The Hall–Kier alpha value is -2.38. The highest BCUT2D eigenvalue weighted by Crippen LogP contribution is 2.08. The van der Waals surface area contributed by atoms with Crippen LogP contribution in [-0.2, 0) is 6.54 Å². The van der Waals surface area contributed by atoms with Crippen LogP contribution < -0.4 is 5.32 Å². The number of hydrogen-bond donors (Lipinski definition) is 1. The number of amides is 1. The van der Waals surface area contributed by atoms with Crippen LogP contribution in [0, 0.1) is 18.7 Å². The van der Waals surface area contributed by atoms with Crippen molar-refractivity contribution < 1.29 is 18.1 Å². The number of rotatable bonds is 3. The van der Waals surface area contributed by atoms with Gasteiger partial charge in [0.25, 0.3) is 5.91 Å². The molecule has 0 aliphatic rings. The minimum absolute atomic E-state index is 0.0664. The zero-order valence-corrected chi connectivity index (χ0v) is 9.28. The standard InChI is InChI=1S/C10H8F2N4O2/c1-5-15-7(18-16-5)4-14-10(17)6-2-3-13-9(12)8(6)11/h2-3H,4H2,1H3,(H,14,17). The fourth-order valence-corrected chi connectivity index (χ4v) is 1.26. The van der Waals surface area contributed by atoms with Gasteiger partial charge >= 0.3 is 0 Å². The maximum absolute atomic E-state index is 13.2. The fourth-order valence-electron chi connectivity index (χ4n) is 1.26. The van der Waals surface area contributed by atoms with Crippen LogP contribution in [0.2, 0.25) is 0 Å². The van der Waals surface area contributed by atoms with Crippen molar-refractivity contribution in [1.82, 2.24) is 20.4 Å². The Balaban J connectivity index is 2.06. The molecule has 0 bridgehead atoms. The third-order valence-electron chi connectivity index (χ3n) is 2.06. The topological polar surface area (TPSA) is 80.9 Å². The molecule has 6 nitrogen and oxygen atoms in total. The van der Waals surface area contributed by atoms with Gasteiger partial charge in [-0.1, -0.05) is 5.16 Å². The number of nitrogens with zero attached hydrogens (tertiary/aromatic N) is 3. The van der Waals surface area contributed by atoms with Gasteiger partial charge in [-0.05, 0) is 13.0 Å². The zero-order valence-electron chi connectivity index (χ0n) is 9.28. The second-order valence-corrected chi connectivity index (χ2v) is 3.38. The van der Waals surface area contributed by atoms with Crippen molar-refractivity contribution in [2.45, 2.75) is 13.5 Å². The van der Waals surface area contributed by atoms with E-state index in [0.717, 1.165) is 12.3 Å². The average molecular weight is 254 g/mol. The molecule has 8 heteroatoms. The lowest BCUT2D eigenvalue weighted by Gasteiger charge is -2.03. The lowest BCUT2D eigenvalue weighted by Crippen LogP contribution is -2.24. The van der Waals surface area contributed by atoms with Crippen molar-refractivity contribution in [1.29, 1.82) is 0 Å². The lowest BCUT2D eigenvalue weighted by atomic mass is 10.2. The minimum atomic E-state index is -1.32. The van der Waals surface area contributed by atoms with E-state index in [9.17, 15) is 13.6 Å². The van der Waals surface area contributed by atoms with Crippen LogP contribution in [0.15, 0.2) is 16.8 Å². The van der Waals surface area contributed by atoms with Gasteiger partial charge < -0.3 is 9.84 Å². The molecule has 2 aromatic rings. The van der Waals surface area contributed by atoms with Gasteiger partial charge in [0.05, 0.1) is 12.1 Å². The SMILES string of the molecule is Cc1noc(CNC(=O)c2ccnc(F)c2F)n1. The van der Waals surface area contributed by atoms with Gasteiger partial charge in [-0.3, -0.25) is 4.79 Å². The van der Waals surface area contributed by atoms with Crippen molar-refractivity contribution in [3.8, 4) is 0 Å². The number of halogens is 2. The van der Waals surface area contributed by atoms with Crippen molar-refractivity contribution in [2.24, 2.45) is 0 Å². The lowest BCUT2D eigenvalue weighted by molar-refractivity contribution is 0.0940. The van der Waals surface area contributed by atoms with Crippen LogP contribution in [0.25, 0.3) is 0 Å². The molecule has 0 fully saturated rings. The summed E-state index contributed by atoms with van der Waals surface area (Å²) in [5, 5.41) is 5.84. The molecule has 0 spiro atoms. The summed E-state index contributed by atoms with van der Waals surface area (Å²) < 4.78 is 30.8. The smallest absolute Gasteiger partial charge is 0.254 e. The predicted octanol–water partition coefficient (Wildman–Crippen LogP) is 0.981. The molecule has 0 radical (unpaired) electrons. The van der Waals surface area contributed by atoms with Gasteiger partial charge in [-0.2, -0.15) is 9.37 Å². The van der Waals surface area contributed by atoms with E-state index in [0.29, 0.717) is 5.82 Å².